The van der Waals surface area contributed by atoms with Crippen LogP contribution in [0.3, 0.4) is 0 Å². The number of carboxylic acids is 1. The van der Waals surface area contributed by atoms with Crippen LogP contribution in [-0.4, -0.2) is 60.3 Å². The molecule has 1 aliphatic heterocycles. The second-order valence-electron chi connectivity index (χ2n) is 2.96. The Bertz CT molecular complexity index is 171. The number of hydrogen-bond acceptors (Lipinski definition) is 4. The second-order valence-corrected chi connectivity index (χ2v) is 4.18. The number of carbonyl (C=O) groups is 1. The molecule has 0 saturated carbocycles. The van der Waals surface area contributed by atoms with Crippen LogP contribution >= 0.6 is 11.8 Å². The lowest BCUT2D eigenvalue weighted by atomic mass is 10.2. The molecule has 1 atom stereocenters. The van der Waals surface area contributed by atoms with E-state index in [1.165, 1.54) is 7.11 Å². The van der Waals surface area contributed by atoms with Gasteiger partial charge in [-0.2, -0.15) is 11.8 Å². The Balaban J connectivity index is 2.46. The highest BCUT2D eigenvalue weighted by Gasteiger charge is 2.26. The van der Waals surface area contributed by atoms with E-state index in [-0.39, 0.29) is 6.61 Å². The largest absolute Gasteiger partial charge is 0.480 e. The third-order valence-electron chi connectivity index (χ3n) is 2.10. The van der Waals surface area contributed by atoms with E-state index >= 15 is 0 Å². The summed E-state index contributed by atoms with van der Waals surface area (Å²) in [5.41, 5.74) is 0. The Morgan fingerprint density at radius 1 is 1.62 bits per heavy atom. The molecule has 1 saturated heterocycles. The monoisotopic (exact) mass is 205 g/mol. The summed E-state index contributed by atoms with van der Waals surface area (Å²) in [7, 11) is 1.54. The van der Waals surface area contributed by atoms with Crippen molar-refractivity contribution in [2.75, 3.05) is 38.3 Å². The van der Waals surface area contributed by atoms with Gasteiger partial charge in [0.1, 0.15) is 6.04 Å². The molecule has 4 nitrogen and oxygen atoms in total. The van der Waals surface area contributed by atoms with Crippen LogP contribution < -0.4 is 0 Å². The fourth-order valence-electron chi connectivity index (χ4n) is 1.38. The van der Waals surface area contributed by atoms with Crippen LogP contribution in [0, 0.1) is 0 Å². The Morgan fingerprint density at radius 2 is 2.23 bits per heavy atom. The normalized spacial score (nSPS) is 21.3. The molecule has 0 aromatic heterocycles. The average molecular weight is 205 g/mol. The van der Waals surface area contributed by atoms with Crippen LogP contribution in [0.1, 0.15) is 0 Å². The molecule has 1 aliphatic rings. The third-order valence-corrected chi connectivity index (χ3v) is 3.04. The van der Waals surface area contributed by atoms with Crippen molar-refractivity contribution >= 4 is 17.7 Å². The van der Waals surface area contributed by atoms with Crippen molar-refractivity contribution < 1.29 is 14.6 Å². The second kappa shape index (κ2) is 5.47. The van der Waals surface area contributed by atoms with Gasteiger partial charge in [-0.25, -0.2) is 0 Å². The average Bonchev–Trinajstić information content (AvgIpc) is 2.15. The molecule has 0 bridgehead atoms. The molecule has 0 aromatic rings. The fourth-order valence-corrected chi connectivity index (χ4v) is 2.31. The minimum Gasteiger partial charge on any atom is -0.480 e. The van der Waals surface area contributed by atoms with Gasteiger partial charge in [0.05, 0.1) is 6.61 Å². The zero-order valence-corrected chi connectivity index (χ0v) is 8.55. The van der Waals surface area contributed by atoms with Crippen LogP contribution in [0.4, 0.5) is 0 Å². The van der Waals surface area contributed by atoms with E-state index in [4.69, 9.17) is 9.84 Å². The Hall–Kier alpha value is -0.260. The van der Waals surface area contributed by atoms with Gasteiger partial charge in [0.15, 0.2) is 0 Å². The summed E-state index contributed by atoms with van der Waals surface area (Å²) in [6, 6.07) is -0.467. The van der Waals surface area contributed by atoms with Gasteiger partial charge in [-0.05, 0) is 0 Å². The maximum atomic E-state index is 10.9. The minimum absolute atomic E-state index is 0.278. The first-order valence-electron chi connectivity index (χ1n) is 4.29. The van der Waals surface area contributed by atoms with Crippen molar-refractivity contribution in [1.82, 2.24) is 4.90 Å². The van der Waals surface area contributed by atoms with E-state index in [9.17, 15) is 4.79 Å². The summed E-state index contributed by atoms with van der Waals surface area (Å²) < 4.78 is 4.89. The Morgan fingerprint density at radius 3 is 2.69 bits per heavy atom. The number of rotatable bonds is 4. The third kappa shape index (κ3) is 3.17. The lowest BCUT2D eigenvalue weighted by molar-refractivity contribution is -0.145. The highest BCUT2D eigenvalue weighted by atomic mass is 32.2. The molecule has 0 aromatic carbocycles. The molecule has 1 fully saturated rings. The van der Waals surface area contributed by atoms with E-state index in [1.807, 2.05) is 16.7 Å². The van der Waals surface area contributed by atoms with Crippen molar-refractivity contribution in [2.45, 2.75) is 6.04 Å². The molecule has 0 spiro atoms. The standard InChI is InChI=1S/C8H15NO3S/c1-12-6-7(8(10)11)9-2-4-13-5-3-9/h7H,2-6H2,1H3,(H,10,11). The van der Waals surface area contributed by atoms with Crippen molar-refractivity contribution in [3.63, 3.8) is 0 Å². The molecule has 0 radical (unpaired) electrons. The van der Waals surface area contributed by atoms with Gasteiger partial charge in [-0.1, -0.05) is 0 Å². The summed E-state index contributed by atoms with van der Waals surface area (Å²) in [6.45, 7) is 1.98. The minimum atomic E-state index is -0.784. The van der Waals surface area contributed by atoms with Crippen LogP contribution in [0.15, 0.2) is 0 Å². The van der Waals surface area contributed by atoms with E-state index in [0.29, 0.717) is 0 Å². The van der Waals surface area contributed by atoms with Crippen LogP contribution in [0.25, 0.3) is 0 Å². The van der Waals surface area contributed by atoms with Gasteiger partial charge in [0.2, 0.25) is 0 Å². The lowest BCUT2D eigenvalue weighted by Crippen LogP contribution is -2.48. The first-order valence-corrected chi connectivity index (χ1v) is 5.44. The lowest BCUT2D eigenvalue weighted by Gasteiger charge is -2.31. The van der Waals surface area contributed by atoms with Gasteiger partial charge in [-0.15, -0.1) is 0 Å². The van der Waals surface area contributed by atoms with Crippen LogP contribution in [0.5, 0.6) is 0 Å². The highest BCUT2D eigenvalue weighted by molar-refractivity contribution is 7.99. The van der Waals surface area contributed by atoms with Crippen molar-refractivity contribution in [3.8, 4) is 0 Å². The molecule has 1 heterocycles. The first kappa shape index (κ1) is 10.8. The number of aliphatic carboxylic acids is 1. The van der Waals surface area contributed by atoms with Gasteiger partial charge >= 0.3 is 5.97 Å². The smallest absolute Gasteiger partial charge is 0.323 e. The molecule has 1 unspecified atom stereocenters. The van der Waals surface area contributed by atoms with E-state index in [1.54, 1.807) is 0 Å². The van der Waals surface area contributed by atoms with E-state index in [2.05, 4.69) is 0 Å². The number of nitrogens with zero attached hydrogens (tertiary/aromatic N) is 1. The summed E-state index contributed by atoms with van der Waals surface area (Å²) in [5, 5.41) is 8.93. The SMILES string of the molecule is COCC(C(=O)O)N1CCSCC1. The molecule has 1 rings (SSSR count). The number of carboxylic acid groups (broad SMARTS) is 1. The Kier molecular flexibility index (Phi) is 4.55. The summed E-state index contributed by atoms with van der Waals surface area (Å²) in [5.74, 6) is 1.26. The van der Waals surface area contributed by atoms with Crippen LogP contribution in [-0.2, 0) is 9.53 Å². The number of ether oxygens (including phenoxy) is 1. The van der Waals surface area contributed by atoms with Gasteiger partial charge in [-0.3, -0.25) is 9.69 Å². The predicted molar refractivity (Wildman–Crippen MR) is 52.2 cm³/mol. The van der Waals surface area contributed by atoms with Gasteiger partial charge < -0.3 is 9.84 Å². The topological polar surface area (TPSA) is 49.8 Å². The van der Waals surface area contributed by atoms with Gasteiger partial charge in [0.25, 0.3) is 0 Å². The molecule has 76 valence electrons. The number of methoxy groups -OCH3 is 1. The molecular formula is C8H15NO3S. The van der Waals surface area contributed by atoms with Crippen LogP contribution in [0.2, 0.25) is 0 Å². The van der Waals surface area contributed by atoms with Crippen molar-refractivity contribution in [2.24, 2.45) is 0 Å². The maximum Gasteiger partial charge on any atom is 0.323 e. The molecular weight excluding hydrogens is 190 g/mol. The number of hydrogen-bond donors (Lipinski definition) is 1. The van der Waals surface area contributed by atoms with E-state index in [0.717, 1.165) is 24.6 Å². The molecule has 5 heteroatoms. The molecule has 0 aliphatic carbocycles. The predicted octanol–water partition coefficient (Wildman–Crippen LogP) is 0.135. The fraction of sp³-hybridized carbons (Fsp3) is 0.875. The first-order chi connectivity index (χ1) is 6.25. The van der Waals surface area contributed by atoms with Crippen molar-refractivity contribution in [3.05, 3.63) is 0 Å². The summed E-state index contributed by atoms with van der Waals surface area (Å²) >= 11 is 1.87. The highest BCUT2D eigenvalue weighted by Crippen LogP contribution is 2.12. The molecule has 0 amide bonds. The van der Waals surface area contributed by atoms with Crippen molar-refractivity contribution in [1.29, 1.82) is 0 Å². The van der Waals surface area contributed by atoms with Gasteiger partial charge in [0, 0.05) is 31.7 Å². The maximum absolute atomic E-state index is 10.9. The number of thioether (sulfide) groups is 1. The summed E-state index contributed by atoms with van der Waals surface area (Å²) in [6.07, 6.45) is 0. The quantitative estimate of drug-likeness (QED) is 0.707. The summed E-state index contributed by atoms with van der Waals surface area (Å²) in [4.78, 5) is 12.8. The molecule has 13 heavy (non-hydrogen) atoms. The van der Waals surface area contributed by atoms with E-state index < -0.39 is 12.0 Å². The molecule has 1 N–H and O–H groups in total. The Labute approximate surface area is 82.2 Å². The zero-order valence-electron chi connectivity index (χ0n) is 7.73. The zero-order chi connectivity index (χ0) is 9.68.